The molecule has 0 radical (unpaired) electrons. The van der Waals surface area contributed by atoms with Crippen LogP contribution in [-0.4, -0.2) is 37.2 Å². The standard InChI is InChI=1S/C53H98O6/c1-4-7-10-13-16-19-21-23-25-27-29-31-34-37-40-43-46-52(55)58-49-50(48-57-51(54)45-42-39-36-33-18-15-12-9-6-3)59-53(56)47-44-41-38-35-32-30-28-26-24-22-20-17-14-11-8-5-2/h25,27,29,31,50H,4-24,26,28,30,32-49H2,1-3H3/b27-25-,31-29-. The van der Waals surface area contributed by atoms with Gasteiger partial charge in [0.2, 0.25) is 0 Å². The largest absolute Gasteiger partial charge is 0.462 e. The Morgan fingerprint density at radius 3 is 0.915 bits per heavy atom. The predicted molar refractivity (Wildman–Crippen MR) is 252 cm³/mol. The van der Waals surface area contributed by atoms with Crippen molar-refractivity contribution in [1.82, 2.24) is 0 Å². The van der Waals surface area contributed by atoms with Gasteiger partial charge in [0.05, 0.1) is 0 Å². The van der Waals surface area contributed by atoms with E-state index in [0.717, 1.165) is 70.6 Å². The molecule has 0 fully saturated rings. The first-order chi connectivity index (χ1) is 29.0. The summed E-state index contributed by atoms with van der Waals surface area (Å²) in [7, 11) is 0. The summed E-state index contributed by atoms with van der Waals surface area (Å²) in [6.45, 7) is 6.62. The molecular weight excluding hydrogens is 733 g/mol. The van der Waals surface area contributed by atoms with Crippen LogP contribution in [0, 0.1) is 0 Å². The molecule has 0 saturated heterocycles. The summed E-state index contributed by atoms with van der Waals surface area (Å²) in [4.78, 5) is 37.8. The van der Waals surface area contributed by atoms with Crippen LogP contribution in [0.5, 0.6) is 0 Å². The molecule has 59 heavy (non-hydrogen) atoms. The summed E-state index contributed by atoms with van der Waals surface area (Å²) in [6, 6.07) is 0. The number of allylic oxidation sites excluding steroid dienone is 4. The van der Waals surface area contributed by atoms with E-state index >= 15 is 0 Å². The number of hydrogen-bond donors (Lipinski definition) is 0. The third-order valence-corrected chi connectivity index (χ3v) is 11.5. The Hall–Kier alpha value is -2.11. The second-order valence-electron chi connectivity index (χ2n) is 17.5. The van der Waals surface area contributed by atoms with Crippen molar-refractivity contribution in [2.24, 2.45) is 0 Å². The molecule has 0 aromatic heterocycles. The molecule has 0 aliphatic rings. The van der Waals surface area contributed by atoms with Gasteiger partial charge in [0.15, 0.2) is 6.10 Å². The van der Waals surface area contributed by atoms with Crippen LogP contribution in [-0.2, 0) is 28.6 Å². The Bertz CT molecular complexity index is 958. The summed E-state index contributed by atoms with van der Waals surface area (Å²) < 4.78 is 16.7. The lowest BCUT2D eigenvalue weighted by Crippen LogP contribution is -2.30. The first-order valence-electron chi connectivity index (χ1n) is 25.9. The van der Waals surface area contributed by atoms with Crippen molar-refractivity contribution in [2.45, 2.75) is 284 Å². The monoisotopic (exact) mass is 831 g/mol. The van der Waals surface area contributed by atoms with Crippen LogP contribution in [0.2, 0.25) is 0 Å². The van der Waals surface area contributed by atoms with E-state index in [0.29, 0.717) is 19.3 Å². The van der Waals surface area contributed by atoms with E-state index in [1.54, 1.807) is 0 Å². The van der Waals surface area contributed by atoms with Crippen LogP contribution in [0.3, 0.4) is 0 Å². The highest BCUT2D eigenvalue weighted by Crippen LogP contribution is 2.16. The lowest BCUT2D eigenvalue weighted by Gasteiger charge is -2.18. The van der Waals surface area contributed by atoms with E-state index in [1.165, 1.54) is 167 Å². The number of rotatable bonds is 47. The van der Waals surface area contributed by atoms with E-state index in [1.807, 2.05) is 0 Å². The Kier molecular flexibility index (Phi) is 46.8. The summed E-state index contributed by atoms with van der Waals surface area (Å²) in [6.07, 6.45) is 54.5. The van der Waals surface area contributed by atoms with Crippen molar-refractivity contribution < 1.29 is 28.6 Å². The van der Waals surface area contributed by atoms with Crippen molar-refractivity contribution in [3.63, 3.8) is 0 Å². The molecule has 0 saturated carbocycles. The van der Waals surface area contributed by atoms with E-state index < -0.39 is 6.10 Å². The Balaban J connectivity index is 4.33. The molecule has 0 heterocycles. The van der Waals surface area contributed by atoms with Gasteiger partial charge in [-0.05, 0) is 44.9 Å². The fraction of sp³-hybridized carbons (Fsp3) is 0.868. The SMILES string of the molecule is CCCCCCCCC/C=C\C=C/CCCCCC(=O)OCC(COC(=O)CCCCCCCCCCC)OC(=O)CCCCCCCCCCCCCCCCCC. The van der Waals surface area contributed by atoms with Gasteiger partial charge in [-0.3, -0.25) is 14.4 Å². The minimum Gasteiger partial charge on any atom is -0.462 e. The first kappa shape index (κ1) is 56.9. The van der Waals surface area contributed by atoms with Crippen molar-refractivity contribution in [1.29, 1.82) is 0 Å². The fourth-order valence-electron chi connectivity index (χ4n) is 7.55. The van der Waals surface area contributed by atoms with Crippen molar-refractivity contribution >= 4 is 17.9 Å². The van der Waals surface area contributed by atoms with Gasteiger partial charge in [0.1, 0.15) is 13.2 Å². The maximum atomic E-state index is 12.8. The van der Waals surface area contributed by atoms with E-state index in [-0.39, 0.29) is 31.1 Å². The van der Waals surface area contributed by atoms with Crippen LogP contribution in [0.25, 0.3) is 0 Å². The predicted octanol–water partition coefficient (Wildman–Crippen LogP) is 16.8. The zero-order chi connectivity index (χ0) is 43.0. The van der Waals surface area contributed by atoms with Gasteiger partial charge in [-0.2, -0.15) is 0 Å². The molecule has 0 aromatic rings. The van der Waals surface area contributed by atoms with Gasteiger partial charge >= 0.3 is 17.9 Å². The van der Waals surface area contributed by atoms with E-state index in [2.05, 4.69) is 45.1 Å². The van der Waals surface area contributed by atoms with Gasteiger partial charge in [-0.1, -0.05) is 238 Å². The smallest absolute Gasteiger partial charge is 0.306 e. The normalized spacial score (nSPS) is 12.1. The van der Waals surface area contributed by atoms with Crippen molar-refractivity contribution in [3.05, 3.63) is 24.3 Å². The number of hydrogen-bond acceptors (Lipinski definition) is 6. The van der Waals surface area contributed by atoms with Crippen LogP contribution in [0.1, 0.15) is 278 Å². The van der Waals surface area contributed by atoms with Crippen molar-refractivity contribution in [2.75, 3.05) is 13.2 Å². The number of ether oxygens (including phenoxy) is 3. The zero-order valence-electron chi connectivity index (χ0n) is 39.5. The van der Waals surface area contributed by atoms with Crippen molar-refractivity contribution in [3.8, 4) is 0 Å². The van der Waals surface area contributed by atoms with E-state index in [4.69, 9.17) is 14.2 Å². The average Bonchev–Trinajstić information content (AvgIpc) is 3.23. The number of carbonyl (C=O) groups excluding carboxylic acids is 3. The molecule has 0 N–H and O–H groups in total. The maximum absolute atomic E-state index is 12.8. The third-order valence-electron chi connectivity index (χ3n) is 11.5. The molecule has 6 nitrogen and oxygen atoms in total. The van der Waals surface area contributed by atoms with Crippen LogP contribution in [0.4, 0.5) is 0 Å². The molecule has 0 aliphatic heterocycles. The summed E-state index contributed by atoms with van der Waals surface area (Å²) >= 11 is 0. The second kappa shape index (κ2) is 48.6. The second-order valence-corrected chi connectivity index (χ2v) is 17.5. The summed E-state index contributed by atoms with van der Waals surface area (Å²) in [5.41, 5.74) is 0. The van der Waals surface area contributed by atoms with Gasteiger partial charge in [0.25, 0.3) is 0 Å². The van der Waals surface area contributed by atoms with Gasteiger partial charge in [0, 0.05) is 19.3 Å². The first-order valence-corrected chi connectivity index (χ1v) is 25.9. The lowest BCUT2D eigenvalue weighted by atomic mass is 10.0. The Labute approximate surface area is 366 Å². The minimum atomic E-state index is -0.774. The molecule has 346 valence electrons. The lowest BCUT2D eigenvalue weighted by molar-refractivity contribution is -0.167. The average molecular weight is 831 g/mol. The van der Waals surface area contributed by atoms with Gasteiger partial charge in [-0.15, -0.1) is 0 Å². The van der Waals surface area contributed by atoms with Crippen LogP contribution in [0.15, 0.2) is 24.3 Å². The van der Waals surface area contributed by atoms with Crippen LogP contribution < -0.4 is 0 Å². The number of esters is 3. The highest BCUT2D eigenvalue weighted by molar-refractivity contribution is 5.71. The highest BCUT2D eigenvalue weighted by Gasteiger charge is 2.19. The molecule has 0 rings (SSSR count). The molecule has 1 unspecified atom stereocenters. The number of unbranched alkanes of at least 4 members (excludes halogenated alkanes) is 33. The molecule has 0 spiro atoms. The maximum Gasteiger partial charge on any atom is 0.306 e. The van der Waals surface area contributed by atoms with Gasteiger partial charge < -0.3 is 14.2 Å². The van der Waals surface area contributed by atoms with Gasteiger partial charge in [-0.25, -0.2) is 0 Å². The molecule has 0 amide bonds. The fourth-order valence-corrected chi connectivity index (χ4v) is 7.55. The zero-order valence-corrected chi connectivity index (χ0v) is 39.5. The molecule has 0 bridgehead atoms. The highest BCUT2D eigenvalue weighted by atomic mass is 16.6. The molecule has 1 atom stereocenters. The number of carbonyl (C=O) groups is 3. The molecule has 6 heteroatoms. The van der Waals surface area contributed by atoms with E-state index in [9.17, 15) is 14.4 Å². The Morgan fingerprint density at radius 1 is 0.339 bits per heavy atom. The van der Waals surface area contributed by atoms with Crippen LogP contribution >= 0.6 is 0 Å². The Morgan fingerprint density at radius 2 is 0.593 bits per heavy atom. The molecule has 0 aliphatic carbocycles. The molecule has 0 aromatic carbocycles. The topological polar surface area (TPSA) is 78.9 Å². The molecular formula is C53H98O6. The third kappa shape index (κ3) is 46.8. The minimum absolute atomic E-state index is 0.0753. The summed E-state index contributed by atoms with van der Waals surface area (Å²) in [5.74, 6) is -0.892. The summed E-state index contributed by atoms with van der Waals surface area (Å²) in [5, 5.41) is 0. The quantitative estimate of drug-likeness (QED) is 0.0263.